The van der Waals surface area contributed by atoms with Crippen molar-refractivity contribution in [3.05, 3.63) is 142 Å². The van der Waals surface area contributed by atoms with Crippen LogP contribution in [0.1, 0.15) is 173 Å². The van der Waals surface area contributed by atoms with Crippen LogP contribution in [0, 0.1) is 27.6 Å². The molecule has 7 aliphatic rings. The van der Waals surface area contributed by atoms with E-state index in [1.807, 2.05) is 41.3 Å². The molecule has 3 aromatic heterocycles. The summed E-state index contributed by atoms with van der Waals surface area (Å²) in [5, 5.41) is 62.9. The molecule has 6 heterocycles. The van der Waals surface area contributed by atoms with Gasteiger partial charge < -0.3 is 66.0 Å². The maximum absolute atomic E-state index is 14.4. The summed E-state index contributed by atoms with van der Waals surface area (Å²) in [5.74, 6) is -8.37. The number of carboxylic acid groups (broad SMARTS) is 2. The van der Waals surface area contributed by atoms with Crippen LogP contribution in [0.4, 0.5) is 21.4 Å². The van der Waals surface area contributed by atoms with E-state index in [1.165, 1.54) is 35.2 Å². The van der Waals surface area contributed by atoms with Gasteiger partial charge in [0.05, 0.1) is 64.8 Å². The highest BCUT2D eigenvalue weighted by molar-refractivity contribution is 7.86. The maximum atomic E-state index is 14.4. The largest absolute Gasteiger partial charge is 0.479 e. The van der Waals surface area contributed by atoms with Crippen LogP contribution in [-0.2, 0) is 95.8 Å². The number of hydrogen-bond acceptors (Lipinski definition) is 25. The summed E-state index contributed by atoms with van der Waals surface area (Å²) in [6.45, 7) is 10.9. The molecule has 3 aliphatic heterocycles. The molecule has 6 aromatic rings. The zero-order valence-corrected chi connectivity index (χ0v) is 68.6. The zero-order chi connectivity index (χ0) is 85.0. The number of carboxylic acids is 2. The van der Waals surface area contributed by atoms with Crippen molar-refractivity contribution in [1.82, 2.24) is 50.7 Å². The molecule has 4 bridgehead atoms. The summed E-state index contributed by atoms with van der Waals surface area (Å²) in [4.78, 5) is 134. The molecule has 3 unspecified atom stereocenters. The van der Waals surface area contributed by atoms with Gasteiger partial charge in [-0.05, 0) is 171 Å². The first-order chi connectivity index (χ1) is 55.8. The molecule has 38 heteroatoms. The fourth-order valence-electron chi connectivity index (χ4n) is 18.5. The second kappa shape index (κ2) is 35.6. The quantitative estimate of drug-likeness (QED) is 0.0105. The summed E-state index contributed by atoms with van der Waals surface area (Å²) in [7, 11) is -8.93. The normalized spacial score (nSPS) is 23.1. The lowest BCUT2D eigenvalue weighted by Crippen LogP contribution is -2.65. The molecule has 13 rings (SSSR count). The van der Waals surface area contributed by atoms with Crippen molar-refractivity contribution in [3.8, 4) is 0 Å². The molecular formula is C80H98N14O21S3. The van der Waals surface area contributed by atoms with Crippen molar-refractivity contribution in [1.29, 1.82) is 5.41 Å². The molecule has 4 saturated carbocycles. The lowest BCUT2D eigenvalue weighted by molar-refractivity contribution is -0.243. The first-order valence-electron chi connectivity index (χ1n) is 39.0. The van der Waals surface area contributed by atoms with Crippen LogP contribution in [0.25, 0.3) is 15.8 Å². The Bertz CT molecular complexity index is 5150. The van der Waals surface area contributed by atoms with Crippen molar-refractivity contribution in [2.75, 3.05) is 59.8 Å². The van der Waals surface area contributed by atoms with Gasteiger partial charge in [-0.1, -0.05) is 74.6 Å². The van der Waals surface area contributed by atoms with E-state index in [9.17, 15) is 84.4 Å². The van der Waals surface area contributed by atoms with E-state index >= 15 is 0 Å². The van der Waals surface area contributed by atoms with Gasteiger partial charge in [0.15, 0.2) is 16.9 Å². The highest BCUT2D eigenvalue weighted by Gasteiger charge is 2.66. The van der Waals surface area contributed by atoms with Gasteiger partial charge in [0.1, 0.15) is 30.2 Å². The number of amides is 7. The highest BCUT2D eigenvalue weighted by atomic mass is 32.2. The minimum atomic E-state index is -4.63. The predicted molar refractivity (Wildman–Crippen MR) is 431 cm³/mol. The lowest BCUT2D eigenvalue weighted by atomic mass is 9.39. The number of fused-ring (bicyclic) bond motifs is 2. The third kappa shape index (κ3) is 21.1. The van der Waals surface area contributed by atoms with Crippen LogP contribution >= 0.6 is 11.3 Å². The van der Waals surface area contributed by atoms with Gasteiger partial charge in [-0.25, -0.2) is 24.4 Å². The number of hydrogen-bond donors (Lipinski definition) is 11. The van der Waals surface area contributed by atoms with Crippen LogP contribution < -0.4 is 31.5 Å². The molecule has 0 radical (unpaired) electrons. The van der Waals surface area contributed by atoms with Gasteiger partial charge in [-0.15, -0.1) is 5.10 Å². The lowest BCUT2D eigenvalue weighted by Gasteiger charge is -2.69. The number of carbonyl (C=O) groups excluding carboxylic acids is 7. The minimum absolute atomic E-state index is 0.0165. The molecule has 3 aromatic carbocycles. The topological polar surface area (TPSA) is 501 Å². The minimum Gasteiger partial charge on any atom is -0.479 e. The third-order valence-corrected chi connectivity index (χ3v) is 25.2. The number of nitrogens with one attached hydrogen (secondary N) is 6. The van der Waals surface area contributed by atoms with E-state index in [4.69, 9.17) is 24.6 Å². The van der Waals surface area contributed by atoms with Crippen molar-refractivity contribution < 1.29 is 98.6 Å². The number of ether oxygens (including phenoxy) is 3. The van der Waals surface area contributed by atoms with Crippen LogP contribution in [0.2, 0.25) is 0 Å². The molecule has 11 N–H and O–H groups in total. The number of benzene rings is 3. The number of carbonyl (C=O) groups is 9. The summed E-state index contributed by atoms with van der Waals surface area (Å²) in [5.41, 5.74) is 3.44. The van der Waals surface area contributed by atoms with Gasteiger partial charge in [-0.2, -0.15) is 16.8 Å². The smallest absolute Gasteiger partial charge is 0.410 e. The Balaban J connectivity index is 0.695. The third-order valence-electron chi connectivity index (χ3n) is 22.8. The summed E-state index contributed by atoms with van der Waals surface area (Å²) in [6, 6.07) is 17.3. The van der Waals surface area contributed by atoms with E-state index < -0.39 is 147 Å². The Morgan fingerprint density at radius 1 is 0.822 bits per heavy atom. The molecule has 0 spiro atoms. The Labute approximate surface area is 685 Å². The Morgan fingerprint density at radius 3 is 2.24 bits per heavy atom. The van der Waals surface area contributed by atoms with Crippen LogP contribution in [0.3, 0.4) is 0 Å². The van der Waals surface area contributed by atoms with Gasteiger partial charge in [0, 0.05) is 92.1 Å². The number of thiazole rings is 1. The maximum Gasteiger partial charge on any atom is 0.410 e. The standard InChI is InChI=1S/C80H98N14O21S3/c1-46(2)68(87-65(96)34-61(94-66(97)21-22-67(94)98)60-37-93(90-89-60)24-10-29-117(107,108)109)72(101)83-48(4)70(99)84-52-17-15-51(50(31-52)16-18-54-32-53(95)33-62(115-54)73(102)103)38-113-76(106)91(27-30-118(110,111)112)26-28-114-80-42-77(5)39-78(6,43-80)41-79(40-77,44-80)45-82-47(3)57(35-81)55-19-20-64(86-69(55)74(104)105)92-25-23-49-11-9-12-56(58(49)36-92)71(100)88-75-85-59-13-7-8-14-63(59)116-75/h7-9,11-15,17,19-22,31,35,37,46,48,53-54,61-62,68,81-82,95H,10,16,18,23-30,32-34,36,38-45H2,1-6H3,(H,83,101)(H,84,99)(H,87,96)(H,102,103)(H,104,105)(H,85,88,100)(H,107,108,109)(H,110,111,112)/b57-47+,81-35?/t48-,53+,54-,61+,62-,68?,77?,78?,79?,80?/m0/s1. The van der Waals surface area contributed by atoms with Gasteiger partial charge in [-0.3, -0.25) is 52.8 Å². The molecule has 1 saturated heterocycles. The molecular weight excluding hydrogens is 1590 g/mol. The predicted octanol–water partition coefficient (Wildman–Crippen LogP) is 7.27. The number of aromatic carboxylic acids is 1. The Kier molecular flexibility index (Phi) is 26.2. The van der Waals surface area contributed by atoms with Crippen LogP contribution in [0.15, 0.2) is 96.8 Å². The van der Waals surface area contributed by atoms with Gasteiger partial charge in [0.25, 0.3) is 38.0 Å². The van der Waals surface area contributed by atoms with Gasteiger partial charge in [0.2, 0.25) is 17.7 Å². The number of nitrogens with zero attached hydrogens (tertiary/aromatic N) is 8. The number of aryl methyl sites for hydroxylation is 2. The molecule has 35 nitrogen and oxygen atoms in total. The average Bonchev–Trinajstić information content (AvgIpc) is 0.745. The van der Waals surface area contributed by atoms with Crippen molar-refractivity contribution in [2.45, 2.75) is 187 Å². The average molecular weight is 1690 g/mol. The molecule has 4 aliphatic carbocycles. The Morgan fingerprint density at radius 2 is 1.55 bits per heavy atom. The van der Waals surface area contributed by atoms with Crippen molar-refractivity contribution in [3.63, 3.8) is 0 Å². The van der Waals surface area contributed by atoms with Crippen LogP contribution in [-0.4, -0.2) is 216 Å². The molecule has 5 fully saturated rings. The SMILES string of the molecule is C/C(NCC12CC3(C)CC(C)(C1)CC(OCCN(CCS(=O)(=O)O)C(=O)OCc1ccc(NC(=O)[C@H](C)NC(=O)C(NC(=O)C[C@H](c4cn(CCCS(=O)(=O)O)nn4)N4C(=O)C=CC4=O)C(C)C)cc1CC[C@H]1C[C@@H](O)C[C@@H](C(=O)O)O1)(C3)C2)=C(/C=N)c1ccc(N2CCc3cccc(C(=O)Nc4nc5ccccc5s4)c3C2)nc1C(=O)O. The summed E-state index contributed by atoms with van der Waals surface area (Å²) in [6.07, 6.45) is 5.06. The number of aliphatic carboxylic acids is 1. The van der Waals surface area contributed by atoms with E-state index in [-0.39, 0.29) is 103 Å². The number of pyridine rings is 1. The molecule has 7 amide bonds. The zero-order valence-electron chi connectivity index (χ0n) is 66.1. The molecule has 632 valence electrons. The second-order valence-corrected chi connectivity index (χ2v) is 37.1. The fraction of sp³-hybridized carbons (Fsp3) is 0.500. The number of para-hydroxylation sites is 1. The van der Waals surface area contributed by atoms with E-state index in [0.717, 1.165) is 68.8 Å². The second-order valence-electron chi connectivity index (χ2n) is 32.9. The Hall–Kier alpha value is -10.5. The van der Waals surface area contributed by atoms with Crippen molar-refractivity contribution in [2.24, 2.45) is 22.2 Å². The number of imide groups is 1. The number of anilines is 3. The van der Waals surface area contributed by atoms with Gasteiger partial charge >= 0.3 is 18.0 Å². The van der Waals surface area contributed by atoms with Crippen LogP contribution in [0.5, 0.6) is 0 Å². The fourth-order valence-corrected chi connectivity index (χ4v) is 20.3. The summed E-state index contributed by atoms with van der Waals surface area (Å²) < 4.78 is 87.4. The number of aromatic nitrogens is 5. The monoisotopic (exact) mass is 1690 g/mol. The molecule has 8 atom stereocenters. The number of rotatable bonds is 36. The van der Waals surface area contributed by atoms with E-state index in [0.29, 0.717) is 77.7 Å². The van der Waals surface area contributed by atoms with E-state index in [2.05, 4.69) is 55.7 Å². The summed E-state index contributed by atoms with van der Waals surface area (Å²) >= 11 is 1.37. The first kappa shape index (κ1) is 86.8. The molecule has 118 heavy (non-hydrogen) atoms. The van der Waals surface area contributed by atoms with Crippen molar-refractivity contribution >= 4 is 124 Å². The highest BCUT2D eigenvalue weighted by Crippen LogP contribution is 2.71. The number of aliphatic hydroxyl groups is 1. The number of aliphatic hydroxyl groups excluding tert-OH is 1. The first-order valence-corrected chi connectivity index (χ1v) is 43.0. The number of allylic oxidation sites excluding steroid dienone is 2. The van der Waals surface area contributed by atoms with E-state index in [1.54, 1.807) is 51.1 Å².